The normalized spacial score (nSPS) is 10.6. The van der Waals surface area contributed by atoms with Crippen LogP contribution in [-0.4, -0.2) is 12.5 Å². The van der Waals surface area contributed by atoms with Crippen LogP contribution in [0.1, 0.15) is 5.56 Å². The van der Waals surface area contributed by atoms with Gasteiger partial charge in [0.05, 0.1) is 9.50 Å². The number of carbonyl (C=O) groups is 1. The first kappa shape index (κ1) is 19.9. The van der Waals surface area contributed by atoms with Gasteiger partial charge in [-0.05, 0) is 64.0 Å². The molecule has 0 aliphatic rings. The van der Waals surface area contributed by atoms with E-state index < -0.39 is 5.91 Å². The summed E-state index contributed by atoms with van der Waals surface area (Å²) in [6.45, 7) is 0.0699. The fraction of sp³-hybridized carbons (Fsp3) is 0.0526. The average Bonchev–Trinajstić information content (AvgIpc) is 2.61. The molecule has 0 atom stereocenters. The number of benzene rings is 2. The van der Waals surface area contributed by atoms with E-state index in [0.29, 0.717) is 31.5 Å². The van der Waals surface area contributed by atoms with Crippen LogP contribution in [0, 0.1) is 23.7 Å². The molecule has 2 aromatic carbocycles. The van der Waals surface area contributed by atoms with Crippen LogP contribution >= 0.6 is 39.1 Å². The van der Waals surface area contributed by atoms with Crippen LogP contribution in [0.25, 0.3) is 6.08 Å². The predicted molar refractivity (Wildman–Crippen MR) is 107 cm³/mol. The fourth-order valence-electron chi connectivity index (χ4n) is 1.96. The van der Waals surface area contributed by atoms with Gasteiger partial charge in [0.25, 0.3) is 5.91 Å². The lowest BCUT2D eigenvalue weighted by molar-refractivity contribution is -0.112. The van der Waals surface area contributed by atoms with Crippen molar-refractivity contribution in [2.24, 2.45) is 0 Å². The van der Waals surface area contributed by atoms with Crippen molar-refractivity contribution in [2.45, 2.75) is 0 Å². The second-order valence-electron chi connectivity index (χ2n) is 4.94. The molecule has 1 N–H and O–H groups in total. The number of hydrogen-bond donors (Lipinski definition) is 1. The summed E-state index contributed by atoms with van der Waals surface area (Å²) >= 11 is 15.3. The van der Waals surface area contributed by atoms with Crippen molar-refractivity contribution in [1.82, 2.24) is 0 Å². The molecule has 0 saturated heterocycles. The molecule has 1 amide bonds. The average molecular weight is 450 g/mol. The maximum atomic E-state index is 12.3. The number of anilines is 1. The SMILES string of the molecule is C#CCOc1c(Cl)cc(/C=C(/C#N)C(=O)Nc2ccc(Cl)cc2)cc1Br. The molecule has 0 aliphatic carbocycles. The number of nitriles is 1. The Kier molecular flexibility index (Phi) is 7.12. The van der Waals surface area contributed by atoms with Crippen molar-refractivity contribution in [3.63, 3.8) is 0 Å². The van der Waals surface area contributed by atoms with Gasteiger partial charge in [-0.3, -0.25) is 4.79 Å². The van der Waals surface area contributed by atoms with Gasteiger partial charge in [0.1, 0.15) is 18.2 Å². The second-order valence-corrected chi connectivity index (χ2v) is 6.64. The molecule has 0 aromatic heterocycles. The Balaban J connectivity index is 2.25. The molecule has 0 unspecified atom stereocenters. The van der Waals surface area contributed by atoms with Crippen LogP contribution < -0.4 is 10.1 Å². The zero-order chi connectivity index (χ0) is 19.1. The third kappa shape index (κ3) is 5.28. The van der Waals surface area contributed by atoms with Gasteiger partial charge in [-0.15, -0.1) is 6.42 Å². The van der Waals surface area contributed by atoms with Crippen LogP contribution in [0.2, 0.25) is 10.0 Å². The zero-order valence-electron chi connectivity index (χ0n) is 13.2. The first-order valence-corrected chi connectivity index (χ1v) is 8.73. The lowest BCUT2D eigenvalue weighted by Gasteiger charge is -2.09. The Bertz CT molecular complexity index is 918. The number of hydrogen-bond acceptors (Lipinski definition) is 3. The number of rotatable bonds is 5. The summed E-state index contributed by atoms with van der Waals surface area (Å²) in [6.07, 6.45) is 6.59. The Morgan fingerprint density at radius 1 is 1.31 bits per heavy atom. The lowest BCUT2D eigenvalue weighted by atomic mass is 10.1. The Labute approximate surface area is 169 Å². The Hall–Kier alpha value is -2.44. The highest BCUT2D eigenvalue weighted by atomic mass is 79.9. The van der Waals surface area contributed by atoms with Gasteiger partial charge in [0, 0.05) is 10.7 Å². The first-order valence-electron chi connectivity index (χ1n) is 7.18. The summed E-state index contributed by atoms with van der Waals surface area (Å²) in [5.41, 5.74) is 0.996. The number of nitrogens with zero attached hydrogens (tertiary/aromatic N) is 1. The van der Waals surface area contributed by atoms with Gasteiger partial charge in [0.15, 0.2) is 5.75 Å². The largest absolute Gasteiger partial charge is 0.478 e. The molecular formula is C19H11BrCl2N2O2. The van der Waals surface area contributed by atoms with Gasteiger partial charge < -0.3 is 10.1 Å². The standard InChI is InChI=1S/C19H11BrCl2N2O2/c1-2-7-26-18-16(20)9-12(10-17(18)22)8-13(11-23)19(25)24-15-5-3-14(21)4-6-15/h1,3-6,8-10H,7H2,(H,24,25)/b13-8-. The van der Waals surface area contributed by atoms with E-state index in [0.717, 1.165) is 0 Å². The number of ether oxygens (including phenoxy) is 1. The number of terminal acetylenes is 1. The van der Waals surface area contributed by atoms with Crippen molar-refractivity contribution >= 4 is 56.8 Å². The van der Waals surface area contributed by atoms with Gasteiger partial charge in [-0.1, -0.05) is 29.1 Å². The molecule has 2 aromatic rings. The summed E-state index contributed by atoms with van der Waals surface area (Å²) < 4.78 is 5.91. The molecule has 130 valence electrons. The minimum Gasteiger partial charge on any atom is -0.478 e. The molecule has 4 nitrogen and oxygen atoms in total. The number of carbonyl (C=O) groups excluding carboxylic acids is 1. The molecule has 0 radical (unpaired) electrons. The smallest absolute Gasteiger partial charge is 0.266 e. The summed E-state index contributed by atoms with van der Waals surface area (Å²) in [7, 11) is 0. The molecule has 0 bridgehead atoms. The molecule has 0 spiro atoms. The van der Waals surface area contributed by atoms with Gasteiger partial charge in [-0.2, -0.15) is 5.26 Å². The number of nitrogens with one attached hydrogen (secondary N) is 1. The molecule has 2 rings (SSSR count). The summed E-state index contributed by atoms with van der Waals surface area (Å²) in [4.78, 5) is 12.3. The van der Waals surface area contributed by atoms with Crippen LogP contribution in [-0.2, 0) is 4.79 Å². The summed E-state index contributed by atoms with van der Waals surface area (Å²) in [5.74, 6) is 2.20. The third-order valence-electron chi connectivity index (χ3n) is 3.10. The van der Waals surface area contributed by atoms with E-state index in [1.54, 1.807) is 36.4 Å². The van der Waals surface area contributed by atoms with Gasteiger partial charge in [0.2, 0.25) is 0 Å². The minimum absolute atomic E-state index is 0.0699. The number of halogens is 3. The van der Waals surface area contributed by atoms with Crippen molar-refractivity contribution in [3.05, 3.63) is 62.1 Å². The van der Waals surface area contributed by atoms with E-state index in [-0.39, 0.29) is 12.2 Å². The van der Waals surface area contributed by atoms with Gasteiger partial charge >= 0.3 is 0 Å². The molecule has 0 saturated carbocycles. The van der Waals surface area contributed by atoms with E-state index in [2.05, 4.69) is 27.2 Å². The molecule has 26 heavy (non-hydrogen) atoms. The van der Waals surface area contributed by atoms with Gasteiger partial charge in [-0.25, -0.2) is 0 Å². The molecule has 0 aliphatic heterocycles. The molecule has 0 heterocycles. The molecule has 0 fully saturated rings. The number of amides is 1. The van der Waals surface area contributed by atoms with Crippen molar-refractivity contribution in [2.75, 3.05) is 11.9 Å². The Morgan fingerprint density at radius 3 is 2.58 bits per heavy atom. The maximum absolute atomic E-state index is 12.3. The summed E-state index contributed by atoms with van der Waals surface area (Å²) in [6, 6.07) is 11.7. The van der Waals surface area contributed by atoms with Crippen molar-refractivity contribution in [1.29, 1.82) is 5.26 Å². The van der Waals surface area contributed by atoms with Crippen LogP contribution in [0.15, 0.2) is 46.4 Å². The minimum atomic E-state index is -0.547. The predicted octanol–water partition coefficient (Wildman–Crippen LogP) is 5.31. The third-order valence-corrected chi connectivity index (χ3v) is 4.22. The van der Waals surface area contributed by atoms with Crippen molar-refractivity contribution < 1.29 is 9.53 Å². The second kappa shape index (κ2) is 9.31. The lowest BCUT2D eigenvalue weighted by Crippen LogP contribution is -2.13. The highest BCUT2D eigenvalue weighted by molar-refractivity contribution is 9.10. The topological polar surface area (TPSA) is 62.1 Å². The van der Waals surface area contributed by atoms with E-state index in [4.69, 9.17) is 34.4 Å². The van der Waals surface area contributed by atoms with E-state index in [9.17, 15) is 10.1 Å². The van der Waals surface area contributed by atoms with Crippen LogP contribution in [0.4, 0.5) is 5.69 Å². The molecule has 7 heteroatoms. The molecular weight excluding hydrogens is 439 g/mol. The van der Waals surface area contributed by atoms with E-state index in [1.165, 1.54) is 6.08 Å². The van der Waals surface area contributed by atoms with Crippen LogP contribution in [0.5, 0.6) is 5.75 Å². The van der Waals surface area contributed by atoms with Crippen molar-refractivity contribution in [3.8, 4) is 24.2 Å². The maximum Gasteiger partial charge on any atom is 0.266 e. The van der Waals surface area contributed by atoms with E-state index >= 15 is 0 Å². The van der Waals surface area contributed by atoms with Crippen LogP contribution in [0.3, 0.4) is 0 Å². The first-order chi connectivity index (χ1) is 12.4. The fourth-order valence-corrected chi connectivity index (χ4v) is 3.08. The van der Waals surface area contributed by atoms with E-state index in [1.807, 2.05) is 6.07 Å². The quantitative estimate of drug-likeness (QED) is 0.382. The Morgan fingerprint density at radius 2 is 2.00 bits per heavy atom. The summed E-state index contributed by atoms with van der Waals surface area (Å²) in [5, 5.41) is 12.8. The zero-order valence-corrected chi connectivity index (χ0v) is 16.3. The highest BCUT2D eigenvalue weighted by Gasteiger charge is 2.12. The monoisotopic (exact) mass is 448 g/mol. The highest BCUT2D eigenvalue weighted by Crippen LogP contribution is 2.35.